The third-order valence-corrected chi connectivity index (χ3v) is 5.51. The first-order valence-electron chi connectivity index (χ1n) is 10.6. The van der Waals surface area contributed by atoms with Gasteiger partial charge >= 0.3 is 5.97 Å². The van der Waals surface area contributed by atoms with Crippen molar-refractivity contribution < 1.29 is 14.3 Å². The zero-order valence-electron chi connectivity index (χ0n) is 18.5. The lowest BCUT2D eigenvalue weighted by atomic mass is 10.1. The van der Waals surface area contributed by atoms with E-state index in [1.807, 2.05) is 50.2 Å². The summed E-state index contributed by atoms with van der Waals surface area (Å²) in [6.45, 7) is 6.17. The average Bonchev–Trinajstić information content (AvgIpc) is 3.36. The van der Waals surface area contributed by atoms with Gasteiger partial charge in [0.25, 0.3) is 17.5 Å². The number of benzene rings is 2. The number of ether oxygens (including phenoxy) is 1. The summed E-state index contributed by atoms with van der Waals surface area (Å²) in [5.74, 6) is -1.06. The highest BCUT2D eigenvalue weighted by Gasteiger charge is 2.18. The molecule has 3 heterocycles. The summed E-state index contributed by atoms with van der Waals surface area (Å²) in [4.78, 5) is 33.1. The molecule has 0 aliphatic carbocycles. The maximum Gasteiger partial charge on any atom is 0.378 e. The second kappa shape index (κ2) is 8.01. The zero-order chi connectivity index (χ0) is 23.1. The first kappa shape index (κ1) is 20.6. The van der Waals surface area contributed by atoms with E-state index in [1.54, 1.807) is 0 Å². The van der Waals surface area contributed by atoms with Gasteiger partial charge in [-0.25, -0.2) is 14.3 Å². The molecule has 9 heteroatoms. The predicted octanol–water partition coefficient (Wildman–Crippen LogP) is 3.66. The molecule has 0 saturated heterocycles. The van der Waals surface area contributed by atoms with Gasteiger partial charge in [-0.05, 0) is 51.1 Å². The van der Waals surface area contributed by atoms with Gasteiger partial charge in [-0.3, -0.25) is 4.79 Å². The smallest absolute Gasteiger partial charge is 0.378 e. The van der Waals surface area contributed by atoms with Crippen LogP contribution in [-0.4, -0.2) is 42.6 Å². The fourth-order valence-electron chi connectivity index (χ4n) is 4.12. The number of carbonyl (C=O) groups excluding carboxylic acids is 2. The lowest BCUT2D eigenvalue weighted by Gasteiger charge is -2.07. The molecule has 0 aliphatic rings. The molecule has 9 nitrogen and oxygen atoms in total. The van der Waals surface area contributed by atoms with E-state index in [2.05, 4.69) is 44.0 Å². The van der Waals surface area contributed by atoms with Gasteiger partial charge < -0.3 is 14.6 Å². The first-order valence-corrected chi connectivity index (χ1v) is 10.6. The number of para-hydroxylation sites is 1. The fraction of sp³-hybridized carbons (Fsp3) is 0.208. The van der Waals surface area contributed by atoms with Gasteiger partial charge in [-0.1, -0.05) is 18.2 Å². The lowest BCUT2D eigenvalue weighted by molar-refractivity contribution is -0.119. The molecule has 0 saturated carbocycles. The van der Waals surface area contributed by atoms with Crippen LogP contribution in [0.1, 0.15) is 28.9 Å². The van der Waals surface area contributed by atoms with E-state index in [9.17, 15) is 9.59 Å². The van der Waals surface area contributed by atoms with E-state index in [0.717, 1.165) is 39.7 Å². The molecule has 0 unspecified atom stereocenters. The van der Waals surface area contributed by atoms with Gasteiger partial charge in [0.1, 0.15) is 0 Å². The number of carbonyl (C=O) groups is 2. The third kappa shape index (κ3) is 3.67. The summed E-state index contributed by atoms with van der Waals surface area (Å²) in [7, 11) is 0. The van der Waals surface area contributed by atoms with Crippen molar-refractivity contribution in [3.63, 3.8) is 0 Å². The maximum atomic E-state index is 12.4. The minimum atomic E-state index is -0.783. The van der Waals surface area contributed by atoms with Gasteiger partial charge in [0, 0.05) is 45.4 Å². The Morgan fingerprint density at radius 1 is 1.00 bits per heavy atom. The molecule has 166 valence electrons. The summed E-state index contributed by atoms with van der Waals surface area (Å²) in [5, 5.41) is 9.09. The highest BCUT2D eigenvalue weighted by atomic mass is 16.5. The summed E-state index contributed by atoms with van der Waals surface area (Å²) >= 11 is 0. The number of rotatable bonds is 5. The fourth-order valence-corrected chi connectivity index (χ4v) is 4.12. The molecular formula is C24H22N6O3. The lowest BCUT2D eigenvalue weighted by Crippen LogP contribution is -2.21. The van der Waals surface area contributed by atoms with Crippen LogP contribution in [0, 0.1) is 13.8 Å². The van der Waals surface area contributed by atoms with Crippen molar-refractivity contribution in [3.8, 4) is 0 Å². The van der Waals surface area contributed by atoms with Gasteiger partial charge in [-0.15, -0.1) is 5.10 Å². The number of esters is 1. The molecule has 5 rings (SSSR count). The number of hydrogen-bond donors (Lipinski definition) is 1. The second-order valence-corrected chi connectivity index (χ2v) is 7.80. The minimum absolute atomic E-state index is 0.141. The molecule has 2 aromatic carbocycles. The largest absolute Gasteiger partial charge is 0.450 e. The molecule has 5 aromatic rings. The van der Waals surface area contributed by atoms with Crippen LogP contribution in [0.4, 0.5) is 5.69 Å². The minimum Gasteiger partial charge on any atom is -0.450 e. The van der Waals surface area contributed by atoms with E-state index in [4.69, 9.17) is 4.74 Å². The Bertz CT molecular complexity index is 1550. The normalized spacial score (nSPS) is 11.4. The van der Waals surface area contributed by atoms with Crippen LogP contribution in [0.15, 0.2) is 48.5 Å². The predicted molar refractivity (Wildman–Crippen MR) is 124 cm³/mol. The molecule has 1 amide bonds. The van der Waals surface area contributed by atoms with Crippen LogP contribution in [0.25, 0.3) is 27.6 Å². The molecule has 0 fully saturated rings. The van der Waals surface area contributed by atoms with Crippen molar-refractivity contribution in [1.29, 1.82) is 0 Å². The maximum absolute atomic E-state index is 12.4. The van der Waals surface area contributed by atoms with Gasteiger partial charge in [-0.2, -0.15) is 4.98 Å². The van der Waals surface area contributed by atoms with Gasteiger partial charge in [0.05, 0.1) is 0 Å². The topological polar surface area (TPSA) is 103 Å². The molecule has 0 radical (unpaired) electrons. The highest BCUT2D eigenvalue weighted by molar-refractivity contribution is 6.09. The number of aryl methyl sites for hydroxylation is 3. The molecule has 33 heavy (non-hydrogen) atoms. The standard InChI is InChI=1S/C24H22N6O3/c1-4-29-19-8-6-5-7-17(19)18-12-16(9-10-20(18)29)26-21(31)13-33-23(32)22-27-24-25-14(2)11-15(3)30(24)28-22/h5-12H,4,13H2,1-3H3,(H,26,31). The number of nitrogens with one attached hydrogen (secondary N) is 1. The molecule has 1 N–H and O–H groups in total. The van der Waals surface area contributed by atoms with E-state index in [1.165, 1.54) is 4.52 Å². The summed E-state index contributed by atoms with van der Waals surface area (Å²) in [6.07, 6.45) is 0. The number of fused-ring (bicyclic) bond motifs is 4. The molecule has 0 bridgehead atoms. The van der Waals surface area contributed by atoms with Crippen molar-refractivity contribution in [1.82, 2.24) is 24.1 Å². The van der Waals surface area contributed by atoms with Crippen molar-refractivity contribution in [2.45, 2.75) is 27.3 Å². The Morgan fingerprint density at radius 3 is 2.61 bits per heavy atom. The van der Waals surface area contributed by atoms with Gasteiger partial charge in [0.2, 0.25) is 0 Å². The molecule has 3 aromatic heterocycles. The Balaban J connectivity index is 1.30. The van der Waals surface area contributed by atoms with Crippen LogP contribution in [0.3, 0.4) is 0 Å². The van der Waals surface area contributed by atoms with Crippen molar-refractivity contribution in [2.75, 3.05) is 11.9 Å². The van der Waals surface area contributed by atoms with Gasteiger partial charge in [0.15, 0.2) is 6.61 Å². The van der Waals surface area contributed by atoms with Crippen molar-refractivity contribution >= 4 is 45.1 Å². The molecular weight excluding hydrogens is 420 g/mol. The number of aromatic nitrogens is 5. The third-order valence-electron chi connectivity index (χ3n) is 5.51. The zero-order valence-corrected chi connectivity index (χ0v) is 18.5. The average molecular weight is 442 g/mol. The number of hydrogen-bond acceptors (Lipinski definition) is 6. The van der Waals surface area contributed by atoms with E-state index < -0.39 is 18.5 Å². The SMILES string of the molecule is CCn1c2ccccc2c2cc(NC(=O)COC(=O)c3nc4nc(C)cc(C)n4n3)ccc21. The summed E-state index contributed by atoms with van der Waals surface area (Å²) in [6, 6.07) is 15.8. The summed E-state index contributed by atoms with van der Waals surface area (Å²) < 4.78 is 8.82. The van der Waals surface area contributed by atoms with Crippen LogP contribution in [-0.2, 0) is 16.1 Å². The first-order chi connectivity index (χ1) is 15.9. The quantitative estimate of drug-likeness (QED) is 0.417. The van der Waals surface area contributed by atoms with Crippen LogP contribution >= 0.6 is 0 Å². The molecule has 0 aliphatic heterocycles. The van der Waals surface area contributed by atoms with E-state index in [-0.39, 0.29) is 5.82 Å². The van der Waals surface area contributed by atoms with Crippen LogP contribution in [0.2, 0.25) is 0 Å². The number of anilines is 1. The van der Waals surface area contributed by atoms with Crippen LogP contribution in [0.5, 0.6) is 0 Å². The highest BCUT2D eigenvalue weighted by Crippen LogP contribution is 2.30. The number of nitrogens with zero attached hydrogens (tertiary/aromatic N) is 5. The van der Waals surface area contributed by atoms with E-state index in [0.29, 0.717) is 11.5 Å². The van der Waals surface area contributed by atoms with Crippen molar-refractivity contribution in [2.24, 2.45) is 0 Å². The van der Waals surface area contributed by atoms with Crippen molar-refractivity contribution in [3.05, 3.63) is 65.7 Å². The van der Waals surface area contributed by atoms with Crippen LogP contribution < -0.4 is 5.32 Å². The molecule has 0 spiro atoms. The summed E-state index contributed by atoms with van der Waals surface area (Å²) in [5.41, 5.74) is 4.43. The van der Waals surface area contributed by atoms with E-state index >= 15 is 0 Å². The second-order valence-electron chi connectivity index (χ2n) is 7.80. The molecule has 0 atom stereocenters. The monoisotopic (exact) mass is 442 g/mol. The Hall–Kier alpha value is -4.27. The number of amides is 1. The Kier molecular flexibility index (Phi) is 5.01. The Morgan fingerprint density at radius 2 is 1.79 bits per heavy atom. The Labute approximate surface area is 189 Å².